The maximum Gasteiger partial charge on any atom is 0.360 e. The van der Waals surface area contributed by atoms with E-state index in [9.17, 15) is 19.5 Å². The molecule has 0 aliphatic carbocycles. The molecule has 2 heterocycles. The topological polar surface area (TPSA) is 144 Å². The summed E-state index contributed by atoms with van der Waals surface area (Å²) in [4.78, 5) is 44.7. The number of hydrogen-bond acceptors (Lipinski definition) is 7. The number of esters is 1. The van der Waals surface area contributed by atoms with Gasteiger partial charge in [0.25, 0.3) is 5.91 Å². The van der Waals surface area contributed by atoms with Gasteiger partial charge in [-0.3, -0.25) is 14.6 Å². The number of aromatic hydroxyl groups is 1. The zero-order valence-electron chi connectivity index (χ0n) is 15.5. The summed E-state index contributed by atoms with van der Waals surface area (Å²) in [6, 6.07) is 11.1. The van der Waals surface area contributed by atoms with Gasteiger partial charge in [0.1, 0.15) is 17.3 Å². The van der Waals surface area contributed by atoms with Gasteiger partial charge in [0.2, 0.25) is 5.91 Å². The number of carbonyl (C=O) groups excluding carboxylic acids is 3. The van der Waals surface area contributed by atoms with E-state index in [0.717, 1.165) is 12.7 Å². The zero-order chi connectivity index (χ0) is 21.0. The van der Waals surface area contributed by atoms with Gasteiger partial charge in [-0.2, -0.15) is 0 Å². The van der Waals surface area contributed by atoms with E-state index in [1.165, 1.54) is 12.3 Å². The van der Waals surface area contributed by atoms with Gasteiger partial charge in [0.15, 0.2) is 11.4 Å². The first-order chi connectivity index (χ1) is 13.9. The van der Waals surface area contributed by atoms with Crippen molar-refractivity contribution in [1.82, 2.24) is 15.3 Å². The molecule has 0 fully saturated rings. The van der Waals surface area contributed by atoms with Crippen molar-refractivity contribution in [2.24, 2.45) is 5.73 Å². The van der Waals surface area contributed by atoms with Crippen molar-refractivity contribution in [1.29, 1.82) is 0 Å². The van der Waals surface area contributed by atoms with Crippen LogP contribution in [-0.2, 0) is 16.0 Å². The summed E-state index contributed by atoms with van der Waals surface area (Å²) in [5.41, 5.74) is 5.61. The number of nitrogens with zero attached hydrogens (tertiary/aromatic N) is 2. The number of aromatic nitrogens is 2. The molecule has 0 bridgehead atoms. The lowest BCUT2D eigenvalue weighted by Gasteiger charge is -2.16. The Labute approximate surface area is 165 Å². The Morgan fingerprint density at radius 3 is 2.52 bits per heavy atom. The minimum absolute atomic E-state index is 0.00624. The number of benzene rings is 1. The quantitative estimate of drug-likeness (QED) is 0.528. The second-order valence-corrected chi connectivity index (χ2v) is 6.17. The summed E-state index contributed by atoms with van der Waals surface area (Å²) in [5.74, 6) is -2.90. The third-order valence-electron chi connectivity index (χ3n) is 4.26. The molecule has 148 valence electrons. The van der Waals surface area contributed by atoms with Crippen LogP contribution in [0.25, 0.3) is 10.9 Å². The SMILES string of the molecule is COC(=O)c1nc(C(=O)N[C@@H](Cc2ccccc2)C(N)=O)c2cccnc2c1O. The number of pyridine rings is 2. The van der Waals surface area contributed by atoms with Crippen molar-refractivity contribution < 1.29 is 24.2 Å². The summed E-state index contributed by atoms with van der Waals surface area (Å²) in [6.45, 7) is 0. The number of hydrogen-bond donors (Lipinski definition) is 3. The molecule has 0 aliphatic heterocycles. The molecule has 0 spiro atoms. The Kier molecular flexibility index (Phi) is 5.68. The Morgan fingerprint density at radius 1 is 1.14 bits per heavy atom. The predicted octanol–water partition coefficient (Wildman–Crippen LogP) is 0.948. The molecule has 1 atom stereocenters. The molecule has 0 radical (unpaired) electrons. The van der Waals surface area contributed by atoms with Gasteiger partial charge in [0.05, 0.1) is 7.11 Å². The highest BCUT2D eigenvalue weighted by atomic mass is 16.5. The first-order valence-electron chi connectivity index (χ1n) is 8.62. The fraction of sp³-hybridized carbons (Fsp3) is 0.150. The second kappa shape index (κ2) is 8.34. The molecule has 9 heteroatoms. The molecular formula is C20H18N4O5. The van der Waals surface area contributed by atoms with E-state index in [1.54, 1.807) is 30.3 Å². The third-order valence-corrected chi connectivity index (χ3v) is 4.26. The lowest BCUT2D eigenvalue weighted by Crippen LogP contribution is -2.46. The minimum Gasteiger partial charge on any atom is -0.504 e. The molecule has 1 aromatic carbocycles. The standard InChI is InChI=1S/C20H18N4O5/c1-29-20(28)16-17(25)14-12(8-5-9-22-14)15(24-16)19(27)23-13(18(21)26)10-11-6-3-2-4-7-11/h2-9,13,25H,10H2,1H3,(H2,21,26)(H,23,27)/t13-/m0/s1. The van der Waals surface area contributed by atoms with Gasteiger partial charge in [-0.25, -0.2) is 9.78 Å². The van der Waals surface area contributed by atoms with E-state index in [2.05, 4.69) is 20.0 Å². The van der Waals surface area contributed by atoms with Crippen LogP contribution in [0.5, 0.6) is 5.75 Å². The van der Waals surface area contributed by atoms with Crippen LogP contribution in [-0.4, -0.2) is 46.0 Å². The number of primary amides is 1. The highest BCUT2D eigenvalue weighted by Gasteiger charge is 2.26. The summed E-state index contributed by atoms with van der Waals surface area (Å²) in [7, 11) is 1.12. The van der Waals surface area contributed by atoms with Crippen LogP contribution in [0, 0.1) is 0 Å². The number of rotatable bonds is 6. The summed E-state index contributed by atoms with van der Waals surface area (Å²) in [6.07, 6.45) is 1.58. The fourth-order valence-corrected chi connectivity index (χ4v) is 2.83. The van der Waals surface area contributed by atoms with E-state index in [4.69, 9.17) is 5.73 Å². The number of methoxy groups -OCH3 is 1. The summed E-state index contributed by atoms with van der Waals surface area (Å²) in [5, 5.41) is 13.0. The number of fused-ring (bicyclic) bond motifs is 1. The fourth-order valence-electron chi connectivity index (χ4n) is 2.83. The molecule has 9 nitrogen and oxygen atoms in total. The van der Waals surface area contributed by atoms with Gasteiger partial charge >= 0.3 is 5.97 Å². The molecule has 0 aliphatic rings. The number of ether oxygens (including phenoxy) is 1. The van der Waals surface area contributed by atoms with E-state index < -0.39 is 35.3 Å². The minimum atomic E-state index is -1.01. The van der Waals surface area contributed by atoms with Crippen LogP contribution < -0.4 is 11.1 Å². The maximum atomic E-state index is 12.9. The molecule has 4 N–H and O–H groups in total. The molecule has 2 aromatic heterocycles. The van der Waals surface area contributed by atoms with Crippen molar-refractivity contribution in [2.75, 3.05) is 7.11 Å². The van der Waals surface area contributed by atoms with E-state index in [-0.39, 0.29) is 23.0 Å². The molecule has 0 saturated heterocycles. The van der Waals surface area contributed by atoms with Gasteiger partial charge < -0.3 is 20.9 Å². The second-order valence-electron chi connectivity index (χ2n) is 6.17. The Morgan fingerprint density at radius 2 is 1.86 bits per heavy atom. The zero-order valence-corrected chi connectivity index (χ0v) is 15.5. The first kappa shape index (κ1) is 19.7. The van der Waals surface area contributed by atoms with Crippen LogP contribution in [0.2, 0.25) is 0 Å². The van der Waals surface area contributed by atoms with Crippen LogP contribution in [0.15, 0.2) is 48.7 Å². The average molecular weight is 394 g/mol. The third kappa shape index (κ3) is 4.13. The smallest absolute Gasteiger partial charge is 0.360 e. The normalized spacial score (nSPS) is 11.6. The Hall–Kier alpha value is -4.01. The van der Waals surface area contributed by atoms with Crippen molar-refractivity contribution in [3.63, 3.8) is 0 Å². The van der Waals surface area contributed by atoms with Crippen molar-refractivity contribution in [3.8, 4) is 5.75 Å². The molecule has 3 aromatic rings. The Bertz CT molecular complexity index is 1080. The highest BCUT2D eigenvalue weighted by molar-refractivity contribution is 6.09. The van der Waals surface area contributed by atoms with Gasteiger partial charge in [-0.05, 0) is 17.7 Å². The first-order valence-corrected chi connectivity index (χ1v) is 8.62. The molecule has 3 rings (SSSR count). The number of carbonyl (C=O) groups is 3. The lowest BCUT2D eigenvalue weighted by atomic mass is 10.0. The van der Waals surface area contributed by atoms with Crippen molar-refractivity contribution in [3.05, 3.63) is 65.6 Å². The van der Waals surface area contributed by atoms with E-state index in [0.29, 0.717) is 0 Å². The summed E-state index contributed by atoms with van der Waals surface area (Å²) < 4.78 is 4.60. The number of nitrogens with one attached hydrogen (secondary N) is 1. The molecule has 2 amide bonds. The van der Waals surface area contributed by atoms with E-state index in [1.807, 2.05) is 6.07 Å². The predicted molar refractivity (Wildman–Crippen MR) is 103 cm³/mol. The van der Waals surface area contributed by atoms with Crippen molar-refractivity contribution in [2.45, 2.75) is 12.5 Å². The summed E-state index contributed by atoms with van der Waals surface area (Å²) >= 11 is 0. The van der Waals surface area contributed by atoms with Crippen molar-refractivity contribution >= 4 is 28.7 Å². The van der Waals surface area contributed by atoms with Crippen LogP contribution in [0.4, 0.5) is 0 Å². The van der Waals surface area contributed by atoms with Crippen LogP contribution >= 0.6 is 0 Å². The van der Waals surface area contributed by atoms with Gasteiger partial charge in [-0.15, -0.1) is 0 Å². The maximum absolute atomic E-state index is 12.9. The van der Waals surface area contributed by atoms with E-state index >= 15 is 0 Å². The molecule has 0 saturated carbocycles. The highest BCUT2D eigenvalue weighted by Crippen LogP contribution is 2.28. The van der Waals surface area contributed by atoms with Gasteiger partial charge in [0, 0.05) is 18.0 Å². The van der Waals surface area contributed by atoms with Gasteiger partial charge in [-0.1, -0.05) is 30.3 Å². The largest absolute Gasteiger partial charge is 0.504 e. The Balaban J connectivity index is 2.00. The van der Waals surface area contributed by atoms with Crippen LogP contribution in [0.3, 0.4) is 0 Å². The van der Waals surface area contributed by atoms with Crippen LogP contribution in [0.1, 0.15) is 26.5 Å². The number of nitrogens with two attached hydrogens (primary N) is 1. The molecule has 0 unspecified atom stereocenters. The number of amides is 2. The lowest BCUT2D eigenvalue weighted by molar-refractivity contribution is -0.119. The average Bonchev–Trinajstić information content (AvgIpc) is 2.73. The molecular weight excluding hydrogens is 376 g/mol. The molecule has 29 heavy (non-hydrogen) atoms. The monoisotopic (exact) mass is 394 g/mol.